The van der Waals surface area contributed by atoms with Gasteiger partial charge >= 0.3 is 0 Å². The lowest BCUT2D eigenvalue weighted by molar-refractivity contribution is 0.680. The van der Waals surface area contributed by atoms with Crippen LogP contribution in [0.15, 0.2) is 17.8 Å². The lowest BCUT2D eigenvalue weighted by Gasteiger charge is -2.04. The van der Waals surface area contributed by atoms with Crippen LogP contribution in [0.2, 0.25) is 0 Å². The molecule has 0 bridgehead atoms. The first-order valence-electron chi connectivity index (χ1n) is 5.39. The topological polar surface area (TPSA) is 82.5 Å². The first-order valence-corrected chi connectivity index (χ1v) is 7.19. The highest BCUT2D eigenvalue weighted by atomic mass is 32.2. The van der Waals surface area contributed by atoms with E-state index in [1.807, 2.05) is 17.6 Å². The molecular weight excluding hydrogens is 268 g/mol. The van der Waals surface area contributed by atoms with Crippen LogP contribution in [0.5, 0.6) is 0 Å². The molecule has 0 radical (unpaired) electrons. The molecule has 6 nitrogen and oxygen atoms in total. The monoisotopic (exact) mass is 282 g/mol. The predicted molar refractivity (Wildman–Crippen MR) is 72.3 cm³/mol. The van der Waals surface area contributed by atoms with E-state index in [4.69, 9.17) is 5.73 Å². The Hall–Kier alpha value is -1.25. The lowest BCUT2D eigenvalue weighted by atomic mass is 10.5. The Morgan fingerprint density at radius 2 is 2.22 bits per heavy atom. The minimum atomic E-state index is 0.374. The maximum absolute atomic E-state index is 5.62. The average Bonchev–Trinajstić information content (AvgIpc) is 2.94. The summed E-state index contributed by atoms with van der Waals surface area (Å²) in [5.41, 5.74) is 5.62. The number of aromatic nitrogens is 5. The fourth-order valence-corrected chi connectivity index (χ4v) is 3.07. The van der Waals surface area contributed by atoms with Crippen molar-refractivity contribution in [2.45, 2.75) is 30.9 Å². The third-order valence-corrected chi connectivity index (χ3v) is 4.18. The van der Waals surface area contributed by atoms with E-state index in [2.05, 4.69) is 27.0 Å². The number of aryl methyl sites for hydroxylation is 1. The predicted octanol–water partition coefficient (Wildman–Crippen LogP) is 1.38. The quantitative estimate of drug-likeness (QED) is 0.636. The molecule has 2 N–H and O–H groups in total. The molecule has 96 valence electrons. The highest BCUT2D eigenvalue weighted by Crippen LogP contribution is 2.23. The number of nitrogens with two attached hydrogens (primary N) is 1. The molecule has 0 amide bonds. The standard InChI is InChI=1S/C10H14N6S2/c1-3-4-16-8(5-11)13-15-10(16)17-6-9-14-12-7(2)18-9/h3H,1,4-6,11H2,2H3. The van der Waals surface area contributed by atoms with Gasteiger partial charge in [0.25, 0.3) is 0 Å². The van der Waals surface area contributed by atoms with E-state index in [9.17, 15) is 0 Å². The van der Waals surface area contributed by atoms with E-state index < -0.39 is 0 Å². The molecule has 0 unspecified atom stereocenters. The van der Waals surface area contributed by atoms with Gasteiger partial charge < -0.3 is 10.3 Å². The molecule has 0 saturated heterocycles. The molecule has 0 aromatic carbocycles. The molecule has 2 aromatic rings. The summed E-state index contributed by atoms with van der Waals surface area (Å²) in [6.07, 6.45) is 1.81. The summed E-state index contributed by atoms with van der Waals surface area (Å²) in [5.74, 6) is 1.51. The zero-order valence-electron chi connectivity index (χ0n) is 10.0. The van der Waals surface area contributed by atoms with Crippen molar-refractivity contribution in [3.8, 4) is 0 Å². The SMILES string of the molecule is C=CCn1c(CN)nnc1SCc1nnc(C)s1. The van der Waals surface area contributed by atoms with Crippen LogP contribution in [0.3, 0.4) is 0 Å². The van der Waals surface area contributed by atoms with Crippen LogP contribution in [-0.2, 0) is 18.8 Å². The van der Waals surface area contributed by atoms with Gasteiger partial charge in [-0.05, 0) is 6.92 Å². The van der Waals surface area contributed by atoms with Gasteiger partial charge in [-0.1, -0.05) is 17.8 Å². The van der Waals surface area contributed by atoms with Gasteiger partial charge in [-0.2, -0.15) is 0 Å². The summed E-state index contributed by atoms with van der Waals surface area (Å²) in [4.78, 5) is 0. The Kier molecular flexibility index (Phi) is 4.45. The average molecular weight is 282 g/mol. The molecule has 0 fully saturated rings. The maximum Gasteiger partial charge on any atom is 0.191 e. The number of hydrogen-bond acceptors (Lipinski definition) is 7. The molecule has 0 aliphatic heterocycles. The second-order valence-electron chi connectivity index (χ2n) is 3.51. The summed E-state index contributed by atoms with van der Waals surface area (Å²) in [6.45, 7) is 6.71. The third-order valence-electron chi connectivity index (χ3n) is 2.18. The number of rotatable bonds is 6. The van der Waals surface area contributed by atoms with E-state index in [0.717, 1.165) is 26.7 Å². The van der Waals surface area contributed by atoms with Crippen molar-refractivity contribution in [1.82, 2.24) is 25.0 Å². The number of thioether (sulfide) groups is 1. The van der Waals surface area contributed by atoms with Crippen molar-refractivity contribution in [2.24, 2.45) is 5.73 Å². The molecule has 0 atom stereocenters. The number of allylic oxidation sites excluding steroid dienone is 1. The molecule has 0 aliphatic rings. The van der Waals surface area contributed by atoms with Crippen molar-refractivity contribution in [3.05, 3.63) is 28.5 Å². The molecule has 2 heterocycles. The first kappa shape index (κ1) is 13.2. The van der Waals surface area contributed by atoms with Gasteiger partial charge in [0, 0.05) is 6.54 Å². The van der Waals surface area contributed by atoms with Crippen LogP contribution in [0.25, 0.3) is 0 Å². The largest absolute Gasteiger partial charge is 0.324 e. The zero-order valence-corrected chi connectivity index (χ0v) is 11.7. The summed E-state index contributed by atoms with van der Waals surface area (Å²) in [7, 11) is 0. The van der Waals surface area contributed by atoms with E-state index in [-0.39, 0.29) is 0 Å². The van der Waals surface area contributed by atoms with Gasteiger partial charge in [0.1, 0.15) is 15.8 Å². The zero-order chi connectivity index (χ0) is 13.0. The molecule has 0 aliphatic carbocycles. The van der Waals surface area contributed by atoms with Gasteiger partial charge in [0.05, 0.1) is 12.3 Å². The number of nitrogens with zero attached hydrogens (tertiary/aromatic N) is 5. The third kappa shape index (κ3) is 2.95. The normalized spacial score (nSPS) is 10.8. The summed E-state index contributed by atoms with van der Waals surface area (Å²) in [5, 5.41) is 19.0. The summed E-state index contributed by atoms with van der Waals surface area (Å²) < 4.78 is 1.96. The van der Waals surface area contributed by atoms with Gasteiger partial charge in [-0.15, -0.1) is 38.3 Å². The van der Waals surface area contributed by atoms with E-state index >= 15 is 0 Å². The molecule has 0 saturated carbocycles. The molecule has 0 spiro atoms. The minimum absolute atomic E-state index is 0.374. The Bertz CT molecular complexity index is 532. The van der Waals surface area contributed by atoms with Gasteiger partial charge in [-0.25, -0.2) is 0 Å². The fraction of sp³-hybridized carbons (Fsp3) is 0.400. The Morgan fingerprint density at radius 1 is 1.39 bits per heavy atom. The first-order chi connectivity index (χ1) is 8.74. The molecular formula is C10H14N6S2. The van der Waals surface area contributed by atoms with Gasteiger partial charge in [-0.3, -0.25) is 0 Å². The van der Waals surface area contributed by atoms with Crippen molar-refractivity contribution in [3.63, 3.8) is 0 Å². The highest BCUT2D eigenvalue weighted by Gasteiger charge is 2.11. The summed E-state index contributed by atoms with van der Waals surface area (Å²) >= 11 is 3.18. The Morgan fingerprint density at radius 3 is 2.83 bits per heavy atom. The van der Waals surface area contributed by atoms with Crippen LogP contribution in [0.4, 0.5) is 0 Å². The molecule has 2 aromatic heterocycles. The van der Waals surface area contributed by atoms with Crippen molar-refractivity contribution in [1.29, 1.82) is 0 Å². The van der Waals surface area contributed by atoms with Crippen molar-refractivity contribution >= 4 is 23.1 Å². The molecule has 18 heavy (non-hydrogen) atoms. The van der Waals surface area contributed by atoms with E-state index in [0.29, 0.717) is 13.1 Å². The maximum atomic E-state index is 5.62. The van der Waals surface area contributed by atoms with Crippen LogP contribution in [0.1, 0.15) is 15.8 Å². The van der Waals surface area contributed by atoms with Crippen LogP contribution < -0.4 is 5.73 Å². The second-order valence-corrected chi connectivity index (χ2v) is 5.71. The second kappa shape index (κ2) is 6.07. The van der Waals surface area contributed by atoms with E-state index in [1.54, 1.807) is 23.1 Å². The van der Waals surface area contributed by atoms with Crippen LogP contribution in [0, 0.1) is 6.92 Å². The van der Waals surface area contributed by atoms with Crippen molar-refractivity contribution in [2.75, 3.05) is 0 Å². The Balaban J connectivity index is 2.08. The van der Waals surface area contributed by atoms with E-state index in [1.165, 1.54) is 0 Å². The minimum Gasteiger partial charge on any atom is -0.324 e. The fourth-order valence-electron chi connectivity index (χ4n) is 1.41. The summed E-state index contributed by atoms with van der Waals surface area (Å²) in [6, 6.07) is 0. The highest BCUT2D eigenvalue weighted by molar-refractivity contribution is 7.98. The van der Waals surface area contributed by atoms with Gasteiger partial charge in [0.15, 0.2) is 5.16 Å². The lowest BCUT2D eigenvalue weighted by Crippen LogP contribution is -2.08. The van der Waals surface area contributed by atoms with Crippen molar-refractivity contribution < 1.29 is 0 Å². The Labute approximate surface area is 113 Å². The number of hydrogen-bond donors (Lipinski definition) is 1. The van der Waals surface area contributed by atoms with Gasteiger partial charge in [0.2, 0.25) is 0 Å². The molecule has 8 heteroatoms. The molecule has 2 rings (SSSR count). The van der Waals surface area contributed by atoms with Crippen LogP contribution in [-0.4, -0.2) is 25.0 Å². The van der Waals surface area contributed by atoms with Crippen LogP contribution >= 0.6 is 23.1 Å². The smallest absolute Gasteiger partial charge is 0.191 e.